The Morgan fingerprint density at radius 3 is 2.13 bits per heavy atom. The van der Waals surface area contributed by atoms with Crippen LogP contribution in [0.4, 0.5) is 0 Å². The fourth-order valence-corrected chi connectivity index (χ4v) is 2.46. The molecular formula is C21H34N4O6. The van der Waals surface area contributed by atoms with E-state index in [4.69, 9.17) is 10.5 Å². The van der Waals surface area contributed by atoms with Crippen molar-refractivity contribution in [3.63, 3.8) is 0 Å². The van der Waals surface area contributed by atoms with Gasteiger partial charge in [-0.15, -0.1) is 0 Å². The van der Waals surface area contributed by atoms with E-state index in [1.807, 2.05) is 13.8 Å². The van der Waals surface area contributed by atoms with Gasteiger partial charge < -0.3 is 26.4 Å². The number of rotatable bonds is 11. The first-order valence-electron chi connectivity index (χ1n) is 10.1. The molecule has 4 amide bonds. The van der Waals surface area contributed by atoms with Gasteiger partial charge in [0.25, 0.3) is 5.91 Å². The number of nitrogens with two attached hydrogens (primary N) is 1. The first kappa shape index (κ1) is 27.9. The van der Waals surface area contributed by atoms with Crippen LogP contribution in [0, 0.1) is 17.8 Å². The van der Waals surface area contributed by atoms with Gasteiger partial charge in [-0.3, -0.25) is 19.2 Å². The predicted octanol–water partition coefficient (Wildman–Crippen LogP) is -0.251. The van der Waals surface area contributed by atoms with Crippen molar-refractivity contribution in [2.24, 2.45) is 11.7 Å². The summed E-state index contributed by atoms with van der Waals surface area (Å²) in [6.07, 6.45) is 0.187. The number of esters is 1. The molecule has 174 valence electrons. The summed E-state index contributed by atoms with van der Waals surface area (Å²) in [4.78, 5) is 59.8. The summed E-state index contributed by atoms with van der Waals surface area (Å²) in [7, 11) is 0. The standard InChI is InChI=1S/C21H34N4O6/c1-7-8-17(27)25-15(11-13(2)3)19(29)23-12-18(28)24-14(9-10-16(22)26)20(30)31-21(4,5)6/h13-15H,9-12H2,1-6H3,(H2,22,26)(H,23,29)(H,24,28)(H,25,27). The second kappa shape index (κ2) is 13.3. The molecule has 0 rings (SSSR count). The predicted molar refractivity (Wildman–Crippen MR) is 114 cm³/mol. The highest BCUT2D eigenvalue weighted by atomic mass is 16.6. The lowest BCUT2D eigenvalue weighted by molar-refractivity contribution is -0.158. The highest BCUT2D eigenvalue weighted by molar-refractivity contribution is 5.97. The molecular weight excluding hydrogens is 404 g/mol. The van der Waals surface area contributed by atoms with Crippen molar-refractivity contribution in [3.05, 3.63) is 0 Å². The van der Waals surface area contributed by atoms with Crippen molar-refractivity contribution in [2.75, 3.05) is 6.54 Å². The molecule has 10 heteroatoms. The molecule has 10 nitrogen and oxygen atoms in total. The minimum Gasteiger partial charge on any atom is -0.458 e. The van der Waals surface area contributed by atoms with Crippen molar-refractivity contribution < 1.29 is 28.7 Å². The monoisotopic (exact) mass is 438 g/mol. The third-order valence-corrected chi connectivity index (χ3v) is 3.70. The van der Waals surface area contributed by atoms with Gasteiger partial charge in [-0.2, -0.15) is 0 Å². The van der Waals surface area contributed by atoms with Crippen molar-refractivity contribution in [2.45, 2.75) is 78.5 Å². The molecule has 0 aromatic heterocycles. The van der Waals surface area contributed by atoms with Crippen LogP contribution in [0.3, 0.4) is 0 Å². The van der Waals surface area contributed by atoms with Gasteiger partial charge in [-0.1, -0.05) is 19.8 Å². The Hall–Kier alpha value is -3.09. The Morgan fingerprint density at radius 1 is 1.03 bits per heavy atom. The Balaban J connectivity index is 5.01. The van der Waals surface area contributed by atoms with Crippen molar-refractivity contribution in [3.8, 4) is 11.8 Å². The molecule has 31 heavy (non-hydrogen) atoms. The van der Waals surface area contributed by atoms with E-state index >= 15 is 0 Å². The van der Waals surface area contributed by atoms with Gasteiger partial charge in [0.05, 0.1) is 6.54 Å². The molecule has 2 atom stereocenters. The van der Waals surface area contributed by atoms with Gasteiger partial charge in [0.2, 0.25) is 17.7 Å². The summed E-state index contributed by atoms with van der Waals surface area (Å²) in [5.74, 6) is 1.71. The minimum absolute atomic E-state index is 0.0361. The van der Waals surface area contributed by atoms with Crippen LogP contribution >= 0.6 is 0 Å². The minimum atomic E-state index is -1.10. The fraction of sp³-hybridized carbons (Fsp3) is 0.667. The molecule has 0 aromatic carbocycles. The van der Waals surface area contributed by atoms with E-state index in [-0.39, 0.29) is 18.8 Å². The number of amides is 4. The van der Waals surface area contributed by atoms with Crippen LogP contribution in [0.25, 0.3) is 0 Å². The van der Waals surface area contributed by atoms with Gasteiger partial charge >= 0.3 is 5.97 Å². The number of primary amides is 1. The molecule has 0 aliphatic heterocycles. The van der Waals surface area contributed by atoms with E-state index in [1.165, 1.54) is 6.92 Å². The smallest absolute Gasteiger partial charge is 0.329 e. The third-order valence-electron chi connectivity index (χ3n) is 3.70. The van der Waals surface area contributed by atoms with Crippen molar-refractivity contribution in [1.29, 1.82) is 0 Å². The molecule has 0 heterocycles. The normalized spacial score (nSPS) is 12.6. The second-order valence-electron chi connectivity index (χ2n) is 8.41. The van der Waals surface area contributed by atoms with Gasteiger partial charge in [0, 0.05) is 6.42 Å². The average Bonchev–Trinajstić information content (AvgIpc) is 2.60. The quantitative estimate of drug-likeness (QED) is 0.257. The van der Waals surface area contributed by atoms with E-state index in [2.05, 4.69) is 27.8 Å². The number of carbonyl (C=O) groups is 5. The maximum absolute atomic E-state index is 12.4. The largest absolute Gasteiger partial charge is 0.458 e. The van der Waals surface area contributed by atoms with Crippen molar-refractivity contribution >= 4 is 29.6 Å². The van der Waals surface area contributed by atoms with E-state index in [1.54, 1.807) is 20.8 Å². The lowest BCUT2D eigenvalue weighted by atomic mass is 10.0. The van der Waals surface area contributed by atoms with Crippen LogP contribution in [-0.4, -0.2) is 53.8 Å². The second-order valence-corrected chi connectivity index (χ2v) is 8.41. The summed E-state index contributed by atoms with van der Waals surface area (Å²) in [6.45, 7) is 9.85. The molecule has 0 aliphatic carbocycles. The van der Waals surface area contributed by atoms with Crippen LogP contribution in [0.15, 0.2) is 0 Å². The number of hydrogen-bond acceptors (Lipinski definition) is 6. The summed E-state index contributed by atoms with van der Waals surface area (Å²) in [5, 5.41) is 7.39. The first-order chi connectivity index (χ1) is 14.2. The van der Waals surface area contributed by atoms with Crippen LogP contribution < -0.4 is 21.7 Å². The zero-order chi connectivity index (χ0) is 24.2. The summed E-state index contributed by atoms with van der Waals surface area (Å²) in [6, 6.07) is -1.96. The third kappa shape index (κ3) is 13.7. The van der Waals surface area contributed by atoms with Crippen LogP contribution in [0.5, 0.6) is 0 Å². The molecule has 0 fully saturated rings. The van der Waals surface area contributed by atoms with Gasteiger partial charge in [0.15, 0.2) is 0 Å². The van der Waals surface area contributed by atoms with E-state index in [0.717, 1.165) is 0 Å². The Bertz CT molecular complexity index is 730. The Labute approximate surface area is 183 Å². The Kier molecular flexibility index (Phi) is 11.9. The lowest BCUT2D eigenvalue weighted by Crippen LogP contribution is -2.51. The zero-order valence-corrected chi connectivity index (χ0v) is 19.1. The summed E-state index contributed by atoms with van der Waals surface area (Å²) < 4.78 is 5.25. The highest BCUT2D eigenvalue weighted by Crippen LogP contribution is 2.11. The lowest BCUT2D eigenvalue weighted by Gasteiger charge is -2.24. The van der Waals surface area contributed by atoms with E-state index in [9.17, 15) is 24.0 Å². The van der Waals surface area contributed by atoms with Crippen molar-refractivity contribution in [1.82, 2.24) is 16.0 Å². The molecule has 0 bridgehead atoms. The number of carbonyl (C=O) groups excluding carboxylic acids is 5. The number of nitrogens with one attached hydrogen (secondary N) is 3. The van der Waals surface area contributed by atoms with Gasteiger partial charge in [0.1, 0.15) is 17.7 Å². The molecule has 0 spiro atoms. The Morgan fingerprint density at radius 2 is 1.65 bits per heavy atom. The van der Waals surface area contributed by atoms with Gasteiger partial charge in [-0.25, -0.2) is 4.79 Å². The summed E-state index contributed by atoms with van der Waals surface area (Å²) >= 11 is 0. The van der Waals surface area contributed by atoms with Crippen LogP contribution in [0.1, 0.15) is 60.8 Å². The zero-order valence-electron chi connectivity index (χ0n) is 19.1. The molecule has 0 saturated heterocycles. The van der Waals surface area contributed by atoms with Crippen LogP contribution in [0.2, 0.25) is 0 Å². The molecule has 5 N–H and O–H groups in total. The molecule has 0 aromatic rings. The van der Waals surface area contributed by atoms with E-state index in [0.29, 0.717) is 6.42 Å². The first-order valence-corrected chi connectivity index (χ1v) is 10.1. The highest BCUT2D eigenvalue weighted by Gasteiger charge is 2.28. The fourth-order valence-electron chi connectivity index (χ4n) is 2.46. The van der Waals surface area contributed by atoms with Gasteiger partial charge in [-0.05, 0) is 52.4 Å². The topological polar surface area (TPSA) is 157 Å². The average molecular weight is 439 g/mol. The maximum Gasteiger partial charge on any atom is 0.329 e. The molecule has 2 unspecified atom stereocenters. The number of ether oxygens (including phenoxy) is 1. The molecule has 0 saturated carbocycles. The SMILES string of the molecule is CC#CC(=O)NC(CC(C)C)C(=O)NCC(=O)NC(CCC(N)=O)C(=O)OC(C)(C)C. The van der Waals surface area contributed by atoms with E-state index < -0.39 is 53.8 Å². The number of hydrogen-bond donors (Lipinski definition) is 4. The maximum atomic E-state index is 12.4. The molecule has 0 aliphatic rings. The molecule has 0 radical (unpaired) electrons. The van der Waals surface area contributed by atoms with Crippen LogP contribution in [-0.2, 0) is 28.7 Å². The summed E-state index contributed by atoms with van der Waals surface area (Å²) in [5.41, 5.74) is 4.34.